The van der Waals surface area contributed by atoms with Crippen LogP contribution in [0.4, 0.5) is 10.1 Å². The number of anilines is 1. The molecular formula is C15H12ClFN2O2. The van der Waals surface area contributed by atoms with E-state index >= 15 is 0 Å². The van der Waals surface area contributed by atoms with Crippen LogP contribution in [-0.2, 0) is 16.1 Å². The van der Waals surface area contributed by atoms with Crippen LogP contribution in [0.5, 0.6) is 0 Å². The molecule has 0 bridgehead atoms. The molecule has 2 amide bonds. The van der Waals surface area contributed by atoms with Crippen molar-refractivity contribution >= 4 is 29.1 Å². The van der Waals surface area contributed by atoms with Gasteiger partial charge in [-0.3, -0.25) is 9.59 Å². The van der Waals surface area contributed by atoms with Crippen LogP contribution in [0.1, 0.15) is 5.56 Å². The molecule has 0 aromatic heterocycles. The van der Waals surface area contributed by atoms with Crippen LogP contribution in [0.15, 0.2) is 48.5 Å². The molecular weight excluding hydrogens is 295 g/mol. The van der Waals surface area contributed by atoms with E-state index < -0.39 is 17.6 Å². The molecule has 0 heterocycles. The Morgan fingerprint density at radius 3 is 2.43 bits per heavy atom. The lowest BCUT2D eigenvalue weighted by Gasteiger charge is -2.07. The Morgan fingerprint density at radius 1 is 1.05 bits per heavy atom. The highest BCUT2D eigenvalue weighted by Crippen LogP contribution is 2.10. The Bertz CT molecular complexity index is 659. The topological polar surface area (TPSA) is 58.2 Å². The lowest BCUT2D eigenvalue weighted by atomic mass is 10.2. The van der Waals surface area contributed by atoms with E-state index in [-0.39, 0.29) is 12.2 Å². The quantitative estimate of drug-likeness (QED) is 0.857. The zero-order valence-electron chi connectivity index (χ0n) is 10.9. The Labute approximate surface area is 125 Å². The second-order valence-corrected chi connectivity index (χ2v) is 4.71. The van der Waals surface area contributed by atoms with Crippen molar-refractivity contribution < 1.29 is 14.0 Å². The van der Waals surface area contributed by atoms with Crippen molar-refractivity contribution in [3.63, 3.8) is 0 Å². The molecule has 2 N–H and O–H groups in total. The van der Waals surface area contributed by atoms with Crippen LogP contribution >= 0.6 is 11.6 Å². The molecule has 0 radical (unpaired) electrons. The molecule has 0 atom stereocenters. The molecule has 6 heteroatoms. The first kappa shape index (κ1) is 15.0. The summed E-state index contributed by atoms with van der Waals surface area (Å²) in [4.78, 5) is 23.3. The van der Waals surface area contributed by atoms with Crippen LogP contribution in [0.2, 0.25) is 5.02 Å². The van der Waals surface area contributed by atoms with Gasteiger partial charge in [0.25, 0.3) is 0 Å². The van der Waals surface area contributed by atoms with Gasteiger partial charge in [0.15, 0.2) is 0 Å². The van der Waals surface area contributed by atoms with Crippen molar-refractivity contribution in [3.8, 4) is 0 Å². The molecule has 0 unspecified atom stereocenters. The van der Waals surface area contributed by atoms with Gasteiger partial charge in [0.05, 0.1) is 0 Å². The van der Waals surface area contributed by atoms with Crippen molar-refractivity contribution in [3.05, 3.63) is 64.9 Å². The first-order valence-corrected chi connectivity index (χ1v) is 6.51. The summed E-state index contributed by atoms with van der Waals surface area (Å²) in [5.74, 6) is -2.14. The second kappa shape index (κ2) is 6.85. The average Bonchev–Trinajstić information content (AvgIpc) is 2.46. The van der Waals surface area contributed by atoms with Crippen LogP contribution in [0.3, 0.4) is 0 Å². The largest absolute Gasteiger partial charge is 0.344 e. The van der Waals surface area contributed by atoms with Gasteiger partial charge in [-0.25, -0.2) is 4.39 Å². The highest BCUT2D eigenvalue weighted by Gasteiger charge is 2.13. The van der Waals surface area contributed by atoms with Crippen LogP contribution < -0.4 is 10.6 Å². The zero-order valence-corrected chi connectivity index (χ0v) is 11.7. The Hall–Kier alpha value is -2.40. The summed E-state index contributed by atoms with van der Waals surface area (Å²) in [6, 6.07) is 12.2. The number of hydrogen-bond donors (Lipinski definition) is 2. The molecule has 0 aliphatic carbocycles. The van der Waals surface area contributed by atoms with E-state index in [1.165, 1.54) is 18.2 Å². The first-order valence-electron chi connectivity index (χ1n) is 6.14. The Kier molecular flexibility index (Phi) is 4.90. The zero-order chi connectivity index (χ0) is 15.2. The van der Waals surface area contributed by atoms with Crippen molar-refractivity contribution in [1.82, 2.24) is 5.32 Å². The van der Waals surface area contributed by atoms with Gasteiger partial charge >= 0.3 is 11.8 Å². The molecule has 2 aromatic rings. The maximum atomic E-state index is 13.0. The van der Waals surface area contributed by atoms with Gasteiger partial charge in [-0.2, -0.15) is 0 Å². The molecule has 2 rings (SSSR count). The summed E-state index contributed by atoms with van der Waals surface area (Å²) >= 11 is 5.75. The summed E-state index contributed by atoms with van der Waals surface area (Å²) in [7, 11) is 0. The van der Waals surface area contributed by atoms with E-state index in [2.05, 4.69) is 10.6 Å². The number of nitrogens with one attached hydrogen (secondary N) is 2. The number of benzene rings is 2. The van der Waals surface area contributed by atoms with Gasteiger partial charge in [0.2, 0.25) is 0 Å². The van der Waals surface area contributed by atoms with Crippen molar-refractivity contribution in [1.29, 1.82) is 0 Å². The van der Waals surface area contributed by atoms with Gasteiger partial charge in [-0.1, -0.05) is 29.8 Å². The lowest BCUT2D eigenvalue weighted by molar-refractivity contribution is -0.136. The molecule has 0 saturated heterocycles. The fraction of sp³-hybridized carbons (Fsp3) is 0.0667. The van der Waals surface area contributed by atoms with Crippen LogP contribution in [0, 0.1) is 5.82 Å². The average molecular weight is 307 g/mol. The number of carbonyl (C=O) groups is 2. The summed E-state index contributed by atoms with van der Waals surface area (Å²) in [5, 5.41) is 5.37. The highest BCUT2D eigenvalue weighted by molar-refractivity contribution is 6.39. The van der Waals surface area contributed by atoms with Gasteiger partial charge in [-0.05, 0) is 35.9 Å². The maximum Gasteiger partial charge on any atom is 0.313 e. The minimum atomic E-state index is -0.852. The molecule has 2 aromatic carbocycles. The van der Waals surface area contributed by atoms with Crippen molar-refractivity contribution in [2.45, 2.75) is 6.54 Å². The van der Waals surface area contributed by atoms with E-state index in [9.17, 15) is 14.0 Å². The minimum Gasteiger partial charge on any atom is -0.344 e. The molecule has 0 aliphatic rings. The number of halogens is 2. The molecule has 108 valence electrons. The van der Waals surface area contributed by atoms with Gasteiger partial charge in [0.1, 0.15) is 5.82 Å². The molecule has 0 spiro atoms. The normalized spacial score (nSPS) is 10.0. The monoisotopic (exact) mass is 306 g/mol. The van der Waals surface area contributed by atoms with Crippen LogP contribution in [0.25, 0.3) is 0 Å². The van der Waals surface area contributed by atoms with Crippen molar-refractivity contribution in [2.75, 3.05) is 5.32 Å². The van der Waals surface area contributed by atoms with E-state index in [1.54, 1.807) is 24.3 Å². The molecule has 4 nitrogen and oxygen atoms in total. The summed E-state index contributed by atoms with van der Waals surface area (Å²) in [6.45, 7) is 0.201. The summed E-state index contributed by atoms with van der Waals surface area (Å²) in [6.07, 6.45) is 0. The minimum absolute atomic E-state index is 0.201. The maximum absolute atomic E-state index is 13.0. The molecule has 0 fully saturated rings. The predicted octanol–water partition coefficient (Wildman–Crippen LogP) is 2.73. The number of hydrogen-bond acceptors (Lipinski definition) is 2. The Morgan fingerprint density at radius 2 is 1.76 bits per heavy atom. The van der Waals surface area contributed by atoms with Crippen molar-refractivity contribution in [2.24, 2.45) is 0 Å². The van der Waals surface area contributed by atoms with Gasteiger partial charge in [0, 0.05) is 17.3 Å². The third-order valence-electron chi connectivity index (χ3n) is 2.66. The third-order valence-corrected chi connectivity index (χ3v) is 2.91. The van der Waals surface area contributed by atoms with E-state index in [4.69, 9.17) is 11.6 Å². The second-order valence-electron chi connectivity index (χ2n) is 4.27. The molecule has 21 heavy (non-hydrogen) atoms. The lowest BCUT2D eigenvalue weighted by Crippen LogP contribution is -2.34. The summed E-state index contributed by atoms with van der Waals surface area (Å²) < 4.78 is 13.0. The molecule has 0 saturated carbocycles. The van der Waals surface area contributed by atoms with Crippen LogP contribution in [-0.4, -0.2) is 11.8 Å². The van der Waals surface area contributed by atoms with E-state index in [1.807, 2.05) is 0 Å². The smallest absolute Gasteiger partial charge is 0.313 e. The van der Waals surface area contributed by atoms with Gasteiger partial charge < -0.3 is 10.6 Å². The standard InChI is InChI=1S/C15H12ClFN2O2/c16-11-6-4-10(5-7-11)9-18-14(20)15(21)19-13-3-1-2-12(17)8-13/h1-8H,9H2,(H,18,20)(H,19,21). The van der Waals surface area contributed by atoms with E-state index in [0.717, 1.165) is 11.6 Å². The first-order chi connectivity index (χ1) is 10.0. The third kappa shape index (κ3) is 4.57. The fourth-order valence-electron chi connectivity index (χ4n) is 1.62. The SMILES string of the molecule is O=C(NCc1ccc(Cl)cc1)C(=O)Nc1cccc(F)c1. The number of rotatable bonds is 3. The number of carbonyl (C=O) groups excluding carboxylic acids is 2. The Balaban J connectivity index is 1.88. The van der Waals surface area contributed by atoms with E-state index in [0.29, 0.717) is 5.02 Å². The summed E-state index contributed by atoms with van der Waals surface area (Å²) in [5.41, 5.74) is 1.04. The van der Waals surface area contributed by atoms with Gasteiger partial charge in [-0.15, -0.1) is 0 Å². The molecule has 0 aliphatic heterocycles. The predicted molar refractivity (Wildman–Crippen MR) is 78.3 cm³/mol. The highest BCUT2D eigenvalue weighted by atomic mass is 35.5. The number of amides is 2. The fourth-order valence-corrected chi connectivity index (χ4v) is 1.74.